The zero-order valence-corrected chi connectivity index (χ0v) is 22.7. The lowest BCUT2D eigenvalue weighted by Crippen LogP contribution is -2.56. The number of allylic oxidation sites excluding steroid dienone is 1. The topological polar surface area (TPSA) is 96.4 Å². The summed E-state index contributed by atoms with van der Waals surface area (Å²) >= 11 is 6.48. The predicted molar refractivity (Wildman–Crippen MR) is 145 cm³/mol. The van der Waals surface area contributed by atoms with Crippen LogP contribution in [0.2, 0.25) is 5.02 Å². The van der Waals surface area contributed by atoms with E-state index in [-0.39, 0.29) is 38.1 Å². The second-order valence-electron chi connectivity index (χ2n) is 10.2. The lowest BCUT2D eigenvalue weighted by Gasteiger charge is -2.37. The summed E-state index contributed by atoms with van der Waals surface area (Å²) in [6.07, 6.45) is 6.55. The van der Waals surface area contributed by atoms with Crippen LogP contribution in [0.4, 0.5) is 5.69 Å². The summed E-state index contributed by atoms with van der Waals surface area (Å²) < 4.78 is 12.4. The van der Waals surface area contributed by atoms with Gasteiger partial charge in [0.2, 0.25) is 5.91 Å². The van der Waals surface area contributed by atoms with Crippen molar-refractivity contribution in [3.8, 4) is 0 Å². The summed E-state index contributed by atoms with van der Waals surface area (Å²) in [5.41, 5.74) is -1.54. The molecule has 1 spiro atoms. The fourth-order valence-electron chi connectivity index (χ4n) is 6.58. The maximum Gasteiger partial charge on any atom is 0.312 e. The number of halogens is 1. The van der Waals surface area contributed by atoms with Crippen molar-refractivity contribution < 1.29 is 29.0 Å². The van der Waals surface area contributed by atoms with Crippen molar-refractivity contribution in [1.82, 2.24) is 4.90 Å². The molecular formula is C29H37ClN2O6. The van der Waals surface area contributed by atoms with E-state index >= 15 is 0 Å². The molecule has 206 valence electrons. The van der Waals surface area contributed by atoms with Crippen molar-refractivity contribution in [2.75, 3.05) is 31.2 Å². The number of fused-ring (bicyclic) bond motifs is 1. The van der Waals surface area contributed by atoms with E-state index in [0.29, 0.717) is 49.2 Å². The average Bonchev–Trinajstić information content (AvgIpc) is 3.52. The Kier molecular flexibility index (Phi) is 8.65. The third-order valence-corrected chi connectivity index (χ3v) is 8.56. The van der Waals surface area contributed by atoms with Crippen LogP contribution < -0.4 is 4.90 Å². The molecule has 0 aliphatic carbocycles. The van der Waals surface area contributed by atoms with Gasteiger partial charge in [0.25, 0.3) is 5.91 Å². The molecule has 0 radical (unpaired) electrons. The highest BCUT2D eigenvalue weighted by molar-refractivity contribution is 6.34. The molecule has 0 saturated carbocycles. The summed E-state index contributed by atoms with van der Waals surface area (Å²) in [5, 5.41) is 9.96. The van der Waals surface area contributed by atoms with Crippen LogP contribution in [0.3, 0.4) is 0 Å². The Morgan fingerprint density at radius 1 is 1.26 bits per heavy atom. The minimum atomic E-state index is -1.18. The van der Waals surface area contributed by atoms with Gasteiger partial charge in [-0.25, -0.2) is 0 Å². The normalized spacial score (nSPS) is 29.3. The third kappa shape index (κ3) is 4.56. The Balaban J connectivity index is 1.75. The lowest BCUT2D eigenvalue weighted by molar-refractivity contribution is -0.161. The molecule has 3 saturated heterocycles. The minimum Gasteiger partial charge on any atom is -0.465 e. The van der Waals surface area contributed by atoms with Gasteiger partial charge in [0.15, 0.2) is 0 Å². The van der Waals surface area contributed by atoms with Crippen molar-refractivity contribution in [2.24, 2.45) is 11.8 Å². The Hall–Kier alpha value is -2.68. The van der Waals surface area contributed by atoms with Crippen LogP contribution in [0, 0.1) is 11.8 Å². The van der Waals surface area contributed by atoms with Gasteiger partial charge in [-0.1, -0.05) is 42.8 Å². The molecule has 3 aliphatic heterocycles. The molecule has 2 amide bonds. The van der Waals surface area contributed by atoms with Crippen LogP contribution in [-0.2, 0) is 23.9 Å². The first kappa shape index (κ1) is 28.3. The number of rotatable bonds is 13. The Morgan fingerprint density at radius 2 is 2.03 bits per heavy atom. The molecule has 2 unspecified atom stereocenters. The quantitative estimate of drug-likeness (QED) is 0.230. The highest BCUT2D eigenvalue weighted by Crippen LogP contribution is 2.64. The maximum absolute atomic E-state index is 14.4. The SMILES string of the molecule is C=CCCCOC(=O)[C@H]1[C@H]2C(=O)N(CCCO)C(C(=O)N(CC=C)c3ccccc3Cl)C23CC[C@]1(CC)O3. The average molecular weight is 545 g/mol. The van der Waals surface area contributed by atoms with E-state index in [1.807, 2.05) is 6.92 Å². The van der Waals surface area contributed by atoms with Gasteiger partial charge >= 0.3 is 5.97 Å². The first-order valence-corrected chi connectivity index (χ1v) is 13.8. The molecule has 3 fully saturated rings. The smallest absolute Gasteiger partial charge is 0.312 e. The minimum absolute atomic E-state index is 0.141. The van der Waals surface area contributed by atoms with Gasteiger partial charge in [0.05, 0.1) is 28.8 Å². The van der Waals surface area contributed by atoms with Crippen molar-refractivity contribution in [3.05, 3.63) is 54.6 Å². The number of esters is 1. The first-order chi connectivity index (χ1) is 18.3. The number of anilines is 1. The van der Waals surface area contributed by atoms with E-state index in [9.17, 15) is 19.5 Å². The molecule has 1 aromatic carbocycles. The monoisotopic (exact) mass is 544 g/mol. The van der Waals surface area contributed by atoms with Gasteiger partial charge in [-0.3, -0.25) is 14.4 Å². The number of aliphatic hydroxyl groups excluding tert-OH is 1. The zero-order chi connectivity index (χ0) is 27.5. The van der Waals surface area contributed by atoms with E-state index in [1.54, 1.807) is 36.4 Å². The molecule has 5 atom stereocenters. The largest absolute Gasteiger partial charge is 0.465 e. The van der Waals surface area contributed by atoms with Crippen molar-refractivity contribution in [2.45, 2.75) is 62.7 Å². The number of benzene rings is 1. The van der Waals surface area contributed by atoms with Crippen LogP contribution in [0.15, 0.2) is 49.6 Å². The van der Waals surface area contributed by atoms with Crippen LogP contribution in [-0.4, -0.2) is 71.3 Å². The number of carbonyl (C=O) groups is 3. The van der Waals surface area contributed by atoms with Crippen LogP contribution in [0.5, 0.6) is 0 Å². The van der Waals surface area contributed by atoms with Crippen LogP contribution in [0.25, 0.3) is 0 Å². The number of hydrogen-bond donors (Lipinski definition) is 1. The number of nitrogens with zero attached hydrogens (tertiary/aromatic N) is 2. The molecule has 38 heavy (non-hydrogen) atoms. The van der Waals surface area contributed by atoms with Gasteiger partial charge in [-0.15, -0.1) is 13.2 Å². The second kappa shape index (κ2) is 11.6. The zero-order valence-electron chi connectivity index (χ0n) is 21.9. The highest BCUT2D eigenvalue weighted by Gasteiger charge is 2.79. The summed E-state index contributed by atoms with van der Waals surface area (Å²) in [7, 11) is 0. The van der Waals surface area contributed by atoms with Crippen molar-refractivity contribution in [1.29, 1.82) is 0 Å². The van der Waals surface area contributed by atoms with E-state index in [0.717, 1.165) is 0 Å². The van der Waals surface area contributed by atoms with E-state index in [4.69, 9.17) is 21.1 Å². The molecule has 0 aromatic heterocycles. The number of unbranched alkanes of at least 4 members (excludes halogenated alkanes) is 1. The predicted octanol–water partition coefficient (Wildman–Crippen LogP) is 3.91. The van der Waals surface area contributed by atoms with Gasteiger partial charge in [-0.2, -0.15) is 0 Å². The van der Waals surface area contributed by atoms with Crippen molar-refractivity contribution >= 4 is 35.1 Å². The summed E-state index contributed by atoms with van der Waals surface area (Å²) in [5.74, 6) is -2.76. The molecule has 1 aromatic rings. The first-order valence-electron chi connectivity index (χ1n) is 13.4. The van der Waals surface area contributed by atoms with Crippen molar-refractivity contribution in [3.63, 3.8) is 0 Å². The Morgan fingerprint density at radius 3 is 2.68 bits per heavy atom. The Bertz CT molecular complexity index is 1090. The van der Waals surface area contributed by atoms with E-state index in [2.05, 4.69) is 13.2 Å². The molecule has 1 N–H and O–H groups in total. The van der Waals surface area contributed by atoms with Gasteiger partial charge in [-0.05, 0) is 50.7 Å². The Labute approximate surface area is 229 Å². The fraction of sp³-hybridized carbons (Fsp3) is 0.552. The maximum atomic E-state index is 14.4. The number of ether oxygens (including phenoxy) is 2. The number of carbonyl (C=O) groups excluding carboxylic acids is 3. The summed E-state index contributed by atoms with van der Waals surface area (Å²) in [6.45, 7) is 9.88. The molecular weight excluding hydrogens is 508 g/mol. The fourth-order valence-corrected chi connectivity index (χ4v) is 6.82. The number of hydrogen-bond acceptors (Lipinski definition) is 6. The molecule has 3 heterocycles. The standard InChI is InChI=1S/C29H37ClN2O6/c1-4-7-10-19-37-27(36)23-22-25(34)32(17-11-18-33)24(29(22)15-14-28(23,6-3)38-29)26(35)31(16-5-2)21-13-9-8-12-20(21)30/h4-5,8-9,12-13,22-24,33H,1-2,6-7,10-11,14-19H2,3H3/t22-,23+,24?,28-,29?/m0/s1. The summed E-state index contributed by atoms with van der Waals surface area (Å²) in [6, 6.07) is 6.04. The van der Waals surface area contributed by atoms with E-state index in [1.165, 1.54) is 9.80 Å². The number of amides is 2. The molecule has 4 rings (SSSR count). The van der Waals surface area contributed by atoms with Gasteiger partial charge in [0.1, 0.15) is 17.6 Å². The van der Waals surface area contributed by atoms with Crippen LogP contribution >= 0.6 is 11.6 Å². The van der Waals surface area contributed by atoms with Gasteiger partial charge in [0, 0.05) is 19.7 Å². The summed E-state index contributed by atoms with van der Waals surface area (Å²) in [4.78, 5) is 45.0. The van der Waals surface area contributed by atoms with Crippen LogP contribution in [0.1, 0.15) is 45.4 Å². The van der Waals surface area contributed by atoms with Gasteiger partial charge < -0.3 is 24.4 Å². The molecule has 9 heteroatoms. The molecule has 2 bridgehead atoms. The number of aliphatic hydroxyl groups is 1. The molecule has 8 nitrogen and oxygen atoms in total. The second-order valence-corrected chi connectivity index (χ2v) is 10.6. The lowest BCUT2D eigenvalue weighted by atomic mass is 9.65. The highest BCUT2D eigenvalue weighted by atomic mass is 35.5. The number of para-hydroxylation sites is 1. The molecule has 3 aliphatic rings. The third-order valence-electron chi connectivity index (χ3n) is 8.24. The number of likely N-dealkylation sites (tertiary alicyclic amines) is 1. The van der Waals surface area contributed by atoms with E-state index < -0.39 is 35.0 Å².